The van der Waals surface area contributed by atoms with Crippen LogP contribution in [0.2, 0.25) is 5.02 Å². The number of carboxylic acid groups (broad SMARTS) is 1. The van der Waals surface area contributed by atoms with Crippen molar-refractivity contribution in [3.05, 3.63) is 21.6 Å². The van der Waals surface area contributed by atoms with Gasteiger partial charge in [-0.15, -0.1) is 0 Å². The van der Waals surface area contributed by atoms with Crippen molar-refractivity contribution in [3.8, 4) is 5.75 Å². The second-order valence-electron chi connectivity index (χ2n) is 3.89. The van der Waals surface area contributed by atoms with E-state index in [-0.39, 0.29) is 24.3 Å². The van der Waals surface area contributed by atoms with E-state index in [0.29, 0.717) is 15.2 Å². The molecule has 20 heavy (non-hydrogen) atoms. The van der Waals surface area contributed by atoms with Gasteiger partial charge in [0.25, 0.3) is 0 Å². The number of methoxy groups -OCH3 is 1. The van der Waals surface area contributed by atoms with Crippen LogP contribution in [0.5, 0.6) is 5.75 Å². The van der Waals surface area contributed by atoms with E-state index in [1.165, 1.54) is 13.2 Å². The van der Waals surface area contributed by atoms with Crippen LogP contribution in [0.3, 0.4) is 0 Å². The number of hydrogen-bond donors (Lipinski definition) is 2. The molecule has 0 radical (unpaired) electrons. The highest BCUT2D eigenvalue weighted by molar-refractivity contribution is 9.10. The van der Waals surface area contributed by atoms with Crippen LogP contribution in [0.4, 0.5) is 5.69 Å². The summed E-state index contributed by atoms with van der Waals surface area (Å²) >= 11 is 9.07. The van der Waals surface area contributed by atoms with Gasteiger partial charge >= 0.3 is 5.97 Å². The minimum atomic E-state index is -3.67. The fourth-order valence-corrected chi connectivity index (χ4v) is 3.56. The number of hydrogen-bond acceptors (Lipinski definition) is 4. The molecule has 6 nitrogen and oxygen atoms in total. The largest absolute Gasteiger partial charge is 0.493 e. The molecule has 0 aliphatic rings. The van der Waals surface area contributed by atoms with Crippen LogP contribution in [0.25, 0.3) is 0 Å². The second kappa shape index (κ2) is 7.14. The Morgan fingerprint density at radius 2 is 2.15 bits per heavy atom. The van der Waals surface area contributed by atoms with Gasteiger partial charge in [-0.25, -0.2) is 8.42 Å². The van der Waals surface area contributed by atoms with E-state index < -0.39 is 16.0 Å². The van der Waals surface area contributed by atoms with Gasteiger partial charge < -0.3 is 9.84 Å². The van der Waals surface area contributed by atoms with Gasteiger partial charge in [0.05, 0.1) is 23.0 Å². The number of carboxylic acids is 1. The first kappa shape index (κ1) is 17.1. The summed E-state index contributed by atoms with van der Waals surface area (Å²) in [5.74, 6) is -1.04. The first-order valence-electron chi connectivity index (χ1n) is 5.50. The van der Waals surface area contributed by atoms with E-state index in [2.05, 4.69) is 20.7 Å². The Balaban J connectivity index is 2.89. The summed E-state index contributed by atoms with van der Waals surface area (Å²) in [5.41, 5.74) is 0.196. The molecule has 0 amide bonds. The van der Waals surface area contributed by atoms with E-state index >= 15 is 0 Å². The molecule has 0 heterocycles. The molecule has 1 rings (SSSR count). The molecule has 0 saturated heterocycles. The van der Waals surface area contributed by atoms with Crippen LogP contribution in [0.1, 0.15) is 12.8 Å². The standard InChI is InChI=1S/C11H13BrClNO5S/c1-19-11-8(12)5-7(13)6-9(11)14-20(17,18)4-2-3-10(15)16/h5-6,14H,2-4H2,1H3,(H,15,16). The monoisotopic (exact) mass is 385 g/mol. The molecule has 1 aromatic carbocycles. The van der Waals surface area contributed by atoms with Crippen LogP contribution >= 0.6 is 27.5 Å². The molecule has 0 unspecified atom stereocenters. The lowest BCUT2D eigenvalue weighted by molar-refractivity contribution is -0.137. The lowest BCUT2D eigenvalue weighted by Crippen LogP contribution is -2.18. The number of ether oxygens (including phenoxy) is 1. The zero-order chi connectivity index (χ0) is 15.3. The van der Waals surface area contributed by atoms with Gasteiger partial charge in [-0.3, -0.25) is 9.52 Å². The maximum absolute atomic E-state index is 11.9. The van der Waals surface area contributed by atoms with E-state index in [9.17, 15) is 13.2 Å². The minimum absolute atomic E-state index is 0.0225. The molecule has 2 N–H and O–H groups in total. The Kier molecular flexibility index (Phi) is 6.09. The van der Waals surface area contributed by atoms with Crippen LogP contribution < -0.4 is 9.46 Å². The summed E-state index contributed by atoms with van der Waals surface area (Å²) in [7, 11) is -2.27. The zero-order valence-electron chi connectivity index (χ0n) is 10.5. The number of sulfonamides is 1. The molecule has 0 spiro atoms. The highest BCUT2D eigenvalue weighted by atomic mass is 79.9. The smallest absolute Gasteiger partial charge is 0.303 e. The Morgan fingerprint density at radius 3 is 2.70 bits per heavy atom. The fourth-order valence-electron chi connectivity index (χ4n) is 1.48. The average Bonchev–Trinajstić information content (AvgIpc) is 2.26. The van der Waals surface area contributed by atoms with Gasteiger partial charge in [-0.1, -0.05) is 11.6 Å². The number of rotatable bonds is 7. The number of carbonyl (C=O) groups is 1. The van der Waals surface area contributed by atoms with Crippen molar-refractivity contribution in [2.75, 3.05) is 17.6 Å². The summed E-state index contributed by atoms with van der Waals surface area (Å²) < 4.78 is 31.6. The molecule has 1 aromatic rings. The molecule has 0 fully saturated rings. The van der Waals surface area contributed by atoms with Gasteiger partial charge in [0, 0.05) is 11.4 Å². The summed E-state index contributed by atoms with van der Waals surface area (Å²) in [6.07, 6.45) is -0.188. The first-order chi connectivity index (χ1) is 9.25. The first-order valence-corrected chi connectivity index (χ1v) is 8.33. The number of benzene rings is 1. The van der Waals surface area contributed by atoms with Crippen molar-refractivity contribution < 1.29 is 23.1 Å². The minimum Gasteiger partial charge on any atom is -0.493 e. The molecule has 0 saturated carbocycles. The van der Waals surface area contributed by atoms with Crippen molar-refractivity contribution in [3.63, 3.8) is 0 Å². The molecular weight excluding hydrogens is 374 g/mol. The van der Waals surface area contributed by atoms with Crippen molar-refractivity contribution in [2.45, 2.75) is 12.8 Å². The van der Waals surface area contributed by atoms with Gasteiger partial charge in [0.2, 0.25) is 10.0 Å². The molecule has 9 heteroatoms. The molecule has 0 atom stereocenters. The molecule has 0 aromatic heterocycles. The van der Waals surface area contributed by atoms with Gasteiger partial charge in [0.15, 0.2) is 5.75 Å². The third kappa shape index (κ3) is 5.18. The summed E-state index contributed by atoms with van der Waals surface area (Å²) in [4.78, 5) is 10.4. The molecule has 0 bridgehead atoms. The van der Waals surface area contributed by atoms with Gasteiger partial charge in [0.1, 0.15) is 0 Å². The number of aliphatic carboxylic acids is 1. The zero-order valence-corrected chi connectivity index (χ0v) is 13.7. The Bertz CT molecular complexity index is 605. The third-order valence-electron chi connectivity index (χ3n) is 2.28. The highest BCUT2D eigenvalue weighted by Crippen LogP contribution is 2.36. The van der Waals surface area contributed by atoms with Gasteiger partial charge in [-0.2, -0.15) is 0 Å². The van der Waals surface area contributed by atoms with Crippen LogP contribution in [0.15, 0.2) is 16.6 Å². The molecule has 112 valence electrons. The summed E-state index contributed by atoms with van der Waals surface area (Å²) in [6.45, 7) is 0. The van der Waals surface area contributed by atoms with E-state index in [1.807, 2.05) is 0 Å². The normalized spacial score (nSPS) is 11.2. The number of halogens is 2. The van der Waals surface area contributed by atoms with Crippen molar-refractivity contribution in [2.24, 2.45) is 0 Å². The summed E-state index contributed by atoms with van der Waals surface area (Å²) in [6, 6.07) is 2.99. The van der Waals surface area contributed by atoms with Crippen molar-refractivity contribution in [1.82, 2.24) is 0 Å². The maximum atomic E-state index is 11.9. The molecular formula is C11H13BrClNO5S. The Hall–Kier alpha value is -0.990. The van der Waals surface area contributed by atoms with Gasteiger partial charge in [-0.05, 0) is 34.5 Å². The fraction of sp³-hybridized carbons (Fsp3) is 0.364. The maximum Gasteiger partial charge on any atom is 0.303 e. The lowest BCUT2D eigenvalue weighted by atomic mass is 10.3. The average molecular weight is 387 g/mol. The predicted octanol–water partition coefficient (Wildman–Crippen LogP) is 2.72. The van der Waals surface area contributed by atoms with E-state index in [1.54, 1.807) is 6.07 Å². The topological polar surface area (TPSA) is 92.7 Å². The summed E-state index contributed by atoms with van der Waals surface area (Å²) in [5, 5.41) is 8.83. The van der Waals surface area contributed by atoms with E-state index in [4.69, 9.17) is 21.4 Å². The number of nitrogens with one attached hydrogen (secondary N) is 1. The quantitative estimate of drug-likeness (QED) is 0.751. The van der Waals surface area contributed by atoms with Crippen LogP contribution in [-0.2, 0) is 14.8 Å². The Labute approximate surface area is 130 Å². The highest BCUT2D eigenvalue weighted by Gasteiger charge is 2.16. The third-order valence-corrected chi connectivity index (χ3v) is 4.45. The van der Waals surface area contributed by atoms with Crippen molar-refractivity contribution >= 4 is 49.2 Å². The molecule has 0 aliphatic carbocycles. The second-order valence-corrected chi connectivity index (χ2v) is 7.02. The van der Waals surface area contributed by atoms with Crippen LogP contribution in [0, 0.1) is 0 Å². The molecule has 0 aliphatic heterocycles. The van der Waals surface area contributed by atoms with Crippen molar-refractivity contribution in [1.29, 1.82) is 0 Å². The lowest BCUT2D eigenvalue weighted by Gasteiger charge is -2.13. The SMILES string of the molecule is COc1c(Br)cc(Cl)cc1NS(=O)(=O)CCCC(=O)O. The number of anilines is 1. The van der Waals surface area contributed by atoms with E-state index in [0.717, 1.165) is 0 Å². The Morgan fingerprint density at radius 1 is 1.50 bits per heavy atom. The predicted molar refractivity (Wildman–Crippen MR) is 80.0 cm³/mol. The van der Waals surface area contributed by atoms with Crippen LogP contribution in [-0.4, -0.2) is 32.4 Å².